The Bertz CT molecular complexity index is 938. The maximum absolute atomic E-state index is 14.6. The number of hydrogen-bond donors (Lipinski definition) is 1. The van der Waals surface area contributed by atoms with Crippen LogP contribution in [0.4, 0.5) is 10.2 Å². The monoisotopic (exact) mass is 386 g/mol. The van der Waals surface area contributed by atoms with Crippen molar-refractivity contribution in [1.82, 2.24) is 30.0 Å². The van der Waals surface area contributed by atoms with Crippen LogP contribution in [0.5, 0.6) is 0 Å². The second-order valence-electron chi connectivity index (χ2n) is 8.19. The maximum Gasteiger partial charge on any atom is 0.291 e. The molecule has 1 N–H and O–H groups in total. The Morgan fingerprint density at radius 1 is 1.25 bits per heavy atom. The van der Waals surface area contributed by atoms with Crippen LogP contribution in [0.3, 0.4) is 0 Å². The SMILES string of the molecule is CC1OCCC1c1cn(C2=NNC3C4CCCCC4n4c(cnc4F)N23)nn1. The third-order valence-corrected chi connectivity index (χ3v) is 6.76. The van der Waals surface area contributed by atoms with Gasteiger partial charge in [0.1, 0.15) is 12.0 Å². The molecule has 0 radical (unpaired) electrons. The van der Waals surface area contributed by atoms with Gasteiger partial charge in [0.15, 0.2) is 0 Å². The second-order valence-corrected chi connectivity index (χ2v) is 8.19. The lowest BCUT2D eigenvalue weighted by atomic mass is 9.80. The van der Waals surface area contributed by atoms with Crippen molar-refractivity contribution >= 4 is 11.8 Å². The van der Waals surface area contributed by atoms with Gasteiger partial charge in [0.05, 0.1) is 24.2 Å². The van der Waals surface area contributed by atoms with Crippen molar-refractivity contribution in [2.45, 2.75) is 63.3 Å². The fourth-order valence-corrected chi connectivity index (χ4v) is 5.36. The van der Waals surface area contributed by atoms with Gasteiger partial charge >= 0.3 is 0 Å². The van der Waals surface area contributed by atoms with E-state index >= 15 is 0 Å². The molecule has 28 heavy (non-hydrogen) atoms. The Labute approximate surface area is 161 Å². The van der Waals surface area contributed by atoms with Gasteiger partial charge in [0.25, 0.3) is 12.0 Å². The third kappa shape index (κ3) is 2.20. The smallest absolute Gasteiger partial charge is 0.291 e. The van der Waals surface area contributed by atoms with E-state index in [0.717, 1.165) is 50.2 Å². The van der Waals surface area contributed by atoms with Crippen molar-refractivity contribution < 1.29 is 9.13 Å². The lowest BCUT2D eigenvalue weighted by Crippen LogP contribution is -2.55. The van der Waals surface area contributed by atoms with Crippen LogP contribution in [0.1, 0.15) is 56.7 Å². The summed E-state index contributed by atoms with van der Waals surface area (Å²) in [5, 5.41) is 13.3. The molecule has 0 bridgehead atoms. The van der Waals surface area contributed by atoms with Crippen molar-refractivity contribution in [2.24, 2.45) is 11.0 Å². The van der Waals surface area contributed by atoms with Crippen molar-refractivity contribution in [3.63, 3.8) is 0 Å². The number of aromatic nitrogens is 5. The van der Waals surface area contributed by atoms with Crippen LogP contribution in [-0.4, -0.2) is 49.4 Å². The molecule has 0 aromatic carbocycles. The van der Waals surface area contributed by atoms with Crippen molar-refractivity contribution in [3.05, 3.63) is 24.2 Å². The van der Waals surface area contributed by atoms with E-state index in [1.165, 1.54) is 0 Å². The van der Waals surface area contributed by atoms with Gasteiger partial charge in [0, 0.05) is 24.5 Å². The second kappa shape index (κ2) is 6.00. The zero-order chi connectivity index (χ0) is 18.8. The minimum atomic E-state index is -0.423. The molecule has 0 amide bonds. The average molecular weight is 386 g/mol. The fourth-order valence-electron chi connectivity index (χ4n) is 5.36. The number of nitrogens with zero attached hydrogens (tertiary/aromatic N) is 7. The number of hydrazone groups is 1. The molecule has 2 fully saturated rings. The van der Waals surface area contributed by atoms with Gasteiger partial charge < -0.3 is 4.74 Å². The molecule has 1 saturated carbocycles. The van der Waals surface area contributed by atoms with Crippen molar-refractivity contribution in [2.75, 3.05) is 11.5 Å². The zero-order valence-corrected chi connectivity index (χ0v) is 15.7. The number of nitrogens with one attached hydrogen (secondary N) is 1. The predicted octanol–water partition coefficient (Wildman–Crippen LogP) is 1.81. The molecule has 5 unspecified atom stereocenters. The third-order valence-electron chi connectivity index (χ3n) is 6.76. The molecule has 5 atom stereocenters. The maximum atomic E-state index is 14.6. The number of rotatable bonds is 1. The van der Waals surface area contributed by atoms with Gasteiger partial charge in [-0.05, 0) is 26.2 Å². The summed E-state index contributed by atoms with van der Waals surface area (Å²) in [6.07, 6.45) is 8.45. The standard InChI is InChI=1S/C18H23FN8O/c1-10-11(6-7-28-10)13-9-25(24-21-13)18-23-22-16-12-4-2-3-5-14(12)26-15(27(16)18)8-20-17(26)19/h8-12,14,16,22H,2-7H2,1H3. The van der Waals surface area contributed by atoms with E-state index in [-0.39, 0.29) is 30.1 Å². The molecule has 10 heteroatoms. The van der Waals surface area contributed by atoms with Crippen LogP contribution in [-0.2, 0) is 4.74 Å². The van der Waals surface area contributed by atoms with Gasteiger partial charge in [0.2, 0.25) is 0 Å². The van der Waals surface area contributed by atoms with Gasteiger partial charge in [-0.25, -0.2) is 4.98 Å². The molecule has 5 heterocycles. The molecule has 6 rings (SSSR count). The first-order chi connectivity index (χ1) is 13.7. The number of ether oxygens (including phenoxy) is 1. The Morgan fingerprint density at radius 3 is 3.00 bits per heavy atom. The first-order valence-electron chi connectivity index (χ1n) is 10.1. The normalized spacial score (nSPS) is 33.9. The summed E-state index contributed by atoms with van der Waals surface area (Å²) < 4.78 is 23.7. The van der Waals surface area contributed by atoms with Gasteiger partial charge in [-0.15, -0.1) is 10.2 Å². The number of hydrogen-bond acceptors (Lipinski definition) is 7. The molecule has 4 aliphatic rings. The van der Waals surface area contributed by atoms with Crippen molar-refractivity contribution in [1.29, 1.82) is 0 Å². The highest BCUT2D eigenvalue weighted by Gasteiger charge is 2.48. The predicted molar refractivity (Wildman–Crippen MR) is 98.2 cm³/mol. The van der Waals surface area contributed by atoms with Crippen LogP contribution in [0, 0.1) is 12.0 Å². The summed E-state index contributed by atoms with van der Waals surface area (Å²) in [7, 11) is 0. The van der Waals surface area contributed by atoms with Crippen molar-refractivity contribution in [3.8, 4) is 0 Å². The minimum Gasteiger partial charge on any atom is -0.378 e. The highest BCUT2D eigenvalue weighted by atomic mass is 19.1. The van der Waals surface area contributed by atoms with Crippen LogP contribution >= 0.6 is 0 Å². The minimum absolute atomic E-state index is 0.00899. The Kier molecular flexibility index (Phi) is 3.53. The van der Waals surface area contributed by atoms with Crippen LogP contribution in [0.15, 0.2) is 17.5 Å². The van der Waals surface area contributed by atoms with Crippen LogP contribution in [0.25, 0.3) is 0 Å². The number of anilines is 1. The van der Waals surface area contributed by atoms with E-state index < -0.39 is 6.08 Å². The van der Waals surface area contributed by atoms with E-state index in [9.17, 15) is 4.39 Å². The largest absolute Gasteiger partial charge is 0.378 e. The van der Waals surface area contributed by atoms with Gasteiger partial charge in [-0.2, -0.15) is 9.07 Å². The molecule has 2 aromatic rings. The molecular formula is C18H23FN8O. The van der Waals surface area contributed by atoms with Crippen LogP contribution < -0.4 is 10.3 Å². The Hall–Kier alpha value is -2.49. The van der Waals surface area contributed by atoms with Gasteiger partial charge in [-0.3, -0.25) is 14.9 Å². The summed E-state index contributed by atoms with van der Waals surface area (Å²) in [4.78, 5) is 5.99. The fraction of sp³-hybridized carbons (Fsp3) is 0.667. The van der Waals surface area contributed by atoms with E-state index in [4.69, 9.17) is 4.74 Å². The first kappa shape index (κ1) is 16.5. The highest BCUT2D eigenvalue weighted by molar-refractivity contribution is 5.98. The number of fused-ring (bicyclic) bond motifs is 6. The molecule has 2 aromatic heterocycles. The topological polar surface area (TPSA) is 85.4 Å². The van der Waals surface area contributed by atoms with E-state index in [0.29, 0.717) is 5.96 Å². The highest BCUT2D eigenvalue weighted by Crippen LogP contribution is 2.45. The molecule has 148 valence electrons. The lowest BCUT2D eigenvalue weighted by Gasteiger charge is -2.45. The summed E-state index contributed by atoms with van der Waals surface area (Å²) in [5.41, 5.74) is 4.19. The number of halogens is 1. The van der Waals surface area contributed by atoms with E-state index in [1.807, 2.05) is 11.1 Å². The Balaban J connectivity index is 1.38. The molecule has 3 aliphatic heterocycles. The molecule has 9 nitrogen and oxygen atoms in total. The van der Waals surface area contributed by atoms with Crippen LogP contribution in [0.2, 0.25) is 0 Å². The van der Waals surface area contributed by atoms with E-state index in [1.54, 1.807) is 15.4 Å². The van der Waals surface area contributed by atoms with Gasteiger partial charge in [-0.1, -0.05) is 18.1 Å². The molecule has 1 saturated heterocycles. The molecular weight excluding hydrogens is 363 g/mol. The lowest BCUT2D eigenvalue weighted by molar-refractivity contribution is 0.118. The molecule has 1 aliphatic carbocycles. The number of imidazole rings is 1. The summed E-state index contributed by atoms with van der Waals surface area (Å²) >= 11 is 0. The summed E-state index contributed by atoms with van der Waals surface area (Å²) in [5.74, 6) is 1.86. The molecule has 0 spiro atoms. The summed E-state index contributed by atoms with van der Waals surface area (Å²) in [6, 6.07) is 0.123. The Morgan fingerprint density at radius 2 is 2.14 bits per heavy atom. The average Bonchev–Trinajstić information content (AvgIpc) is 3.46. The zero-order valence-electron chi connectivity index (χ0n) is 15.7. The van der Waals surface area contributed by atoms with E-state index in [2.05, 4.69) is 32.7 Å². The first-order valence-corrected chi connectivity index (χ1v) is 10.1. The summed E-state index contributed by atoms with van der Waals surface area (Å²) in [6.45, 7) is 2.81. The quantitative estimate of drug-likeness (QED) is 0.805.